The number of allylic oxidation sites excluding steroid dienone is 1. The Bertz CT molecular complexity index is 113. The minimum atomic E-state index is 0.903. The van der Waals surface area contributed by atoms with Crippen molar-refractivity contribution in [2.24, 2.45) is 11.8 Å². The first-order valence-electron chi connectivity index (χ1n) is 3.91. The van der Waals surface area contributed by atoms with Crippen molar-refractivity contribution < 1.29 is 0 Å². The molecule has 0 heteroatoms. The molecule has 0 saturated heterocycles. The van der Waals surface area contributed by atoms with Crippen LogP contribution in [0.25, 0.3) is 0 Å². The average molecular weight is 124 g/mol. The molecule has 0 nitrogen and oxygen atoms in total. The highest BCUT2D eigenvalue weighted by molar-refractivity contribution is 5.18. The molecule has 1 rings (SSSR count). The summed E-state index contributed by atoms with van der Waals surface area (Å²) in [5.41, 5.74) is 1.48. The van der Waals surface area contributed by atoms with Crippen LogP contribution in [0.3, 0.4) is 0 Å². The van der Waals surface area contributed by atoms with Crippen LogP contribution < -0.4 is 0 Å². The minimum absolute atomic E-state index is 0.903. The summed E-state index contributed by atoms with van der Waals surface area (Å²) in [7, 11) is 0. The van der Waals surface area contributed by atoms with Gasteiger partial charge in [0.25, 0.3) is 0 Å². The molecule has 0 N–H and O–H groups in total. The van der Waals surface area contributed by atoms with Gasteiger partial charge in [-0.3, -0.25) is 0 Å². The molecule has 2 unspecified atom stereocenters. The van der Waals surface area contributed by atoms with Crippen LogP contribution in [0.5, 0.6) is 0 Å². The predicted octanol–water partition coefficient (Wildman–Crippen LogP) is 3.00. The zero-order valence-electron chi connectivity index (χ0n) is 6.48. The van der Waals surface area contributed by atoms with Gasteiger partial charge in [-0.15, -0.1) is 0 Å². The smallest absolute Gasteiger partial charge is 0.0166 e. The van der Waals surface area contributed by atoms with E-state index in [4.69, 9.17) is 0 Å². The summed E-state index contributed by atoms with van der Waals surface area (Å²) in [5, 5.41) is 0. The Morgan fingerprint density at radius 2 is 2.33 bits per heavy atom. The van der Waals surface area contributed by atoms with Gasteiger partial charge in [0.1, 0.15) is 0 Å². The second-order valence-electron chi connectivity index (χ2n) is 3.31. The lowest BCUT2D eigenvalue weighted by atomic mass is 10.0. The van der Waals surface area contributed by atoms with Gasteiger partial charge in [0.15, 0.2) is 0 Å². The Morgan fingerprint density at radius 3 is 2.67 bits per heavy atom. The summed E-state index contributed by atoms with van der Waals surface area (Å²) >= 11 is 0. The van der Waals surface area contributed by atoms with Crippen molar-refractivity contribution in [3.63, 3.8) is 0 Å². The van der Waals surface area contributed by atoms with Gasteiger partial charge in [0, 0.05) is 0 Å². The van der Waals surface area contributed by atoms with Crippen LogP contribution in [-0.2, 0) is 0 Å². The van der Waals surface area contributed by atoms with Gasteiger partial charge in [0.05, 0.1) is 0 Å². The van der Waals surface area contributed by atoms with E-state index in [1.54, 1.807) is 0 Å². The third-order valence-electron chi connectivity index (χ3n) is 2.31. The second-order valence-corrected chi connectivity index (χ2v) is 3.31. The maximum absolute atomic E-state index is 3.94. The lowest BCUT2D eigenvalue weighted by Crippen LogP contribution is -1.92. The molecule has 0 spiro atoms. The quantitative estimate of drug-likeness (QED) is 0.507. The molecule has 1 fully saturated rings. The van der Waals surface area contributed by atoms with E-state index in [1.807, 2.05) is 0 Å². The molecule has 0 aromatic carbocycles. The Balaban J connectivity index is 2.11. The molecule has 1 aliphatic rings. The fourth-order valence-corrected chi connectivity index (χ4v) is 1.16. The summed E-state index contributed by atoms with van der Waals surface area (Å²) in [6, 6.07) is 0. The Morgan fingerprint density at radius 1 is 1.78 bits per heavy atom. The maximum Gasteiger partial charge on any atom is -0.0166 e. The van der Waals surface area contributed by atoms with Gasteiger partial charge >= 0.3 is 0 Å². The molecule has 1 aliphatic carbocycles. The van der Waals surface area contributed by atoms with E-state index in [9.17, 15) is 0 Å². The molecular weight excluding hydrogens is 108 g/mol. The van der Waals surface area contributed by atoms with E-state index in [2.05, 4.69) is 20.4 Å². The van der Waals surface area contributed by atoms with E-state index in [0.29, 0.717) is 0 Å². The van der Waals surface area contributed by atoms with Crippen LogP contribution in [0, 0.1) is 11.8 Å². The predicted molar refractivity (Wildman–Crippen MR) is 41.3 cm³/mol. The van der Waals surface area contributed by atoms with E-state index in [0.717, 1.165) is 11.8 Å². The van der Waals surface area contributed by atoms with E-state index in [-0.39, 0.29) is 0 Å². The summed E-state index contributed by atoms with van der Waals surface area (Å²) < 4.78 is 0. The van der Waals surface area contributed by atoms with Crippen LogP contribution in [0.4, 0.5) is 0 Å². The molecule has 0 bridgehead atoms. The largest absolute Gasteiger partial charge is 0.0995 e. The zero-order valence-corrected chi connectivity index (χ0v) is 6.48. The van der Waals surface area contributed by atoms with Crippen molar-refractivity contribution in [1.29, 1.82) is 0 Å². The normalized spacial score (nSPS) is 28.2. The van der Waals surface area contributed by atoms with E-state index in [1.165, 1.54) is 24.8 Å². The second kappa shape index (κ2) is 2.55. The first-order valence-corrected chi connectivity index (χ1v) is 3.91. The molecule has 0 heterocycles. The topological polar surface area (TPSA) is 0 Å². The lowest BCUT2D eigenvalue weighted by molar-refractivity contribution is 0.490. The van der Waals surface area contributed by atoms with Crippen molar-refractivity contribution in [2.75, 3.05) is 0 Å². The molecule has 0 aromatic heterocycles. The Kier molecular flexibility index (Phi) is 1.94. The summed E-state index contributed by atoms with van der Waals surface area (Å²) in [6.45, 7) is 8.52. The van der Waals surface area contributed by atoms with Crippen molar-refractivity contribution >= 4 is 0 Å². The Hall–Kier alpha value is -0.260. The summed E-state index contributed by atoms with van der Waals surface area (Å²) in [5.74, 6) is 1.81. The summed E-state index contributed by atoms with van der Waals surface area (Å²) in [4.78, 5) is 0. The van der Waals surface area contributed by atoms with Gasteiger partial charge in [-0.2, -0.15) is 0 Å². The van der Waals surface area contributed by atoms with E-state index < -0.39 is 0 Å². The first-order chi connectivity index (χ1) is 4.24. The molecule has 0 aromatic rings. The number of hydrogen-bond acceptors (Lipinski definition) is 0. The van der Waals surface area contributed by atoms with Gasteiger partial charge in [0.2, 0.25) is 0 Å². The first kappa shape index (κ1) is 6.85. The summed E-state index contributed by atoms with van der Waals surface area (Å²) in [6.07, 6.45) is 4.02. The van der Waals surface area contributed by atoms with Gasteiger partial charge in [-0.25, -0.2) is 0 Å². The molecule has 1 saturated carbocycles. The molecule has 9 heavy (non-hydrogen) atoms. The zero-order chi connectivity index (χ0) is 6.85. The van der Waals surface area contributed by atoms with Gasteiger partial charge in [-0.1, -0.05) is 32.4 Å². The highest BCUT2D eigenvalue weighted by Gasteiger charge is 2.27. The number of rotatable bonds is 3. The Labute approximate surface area is 58.0 Å². The molecule has 52 valence electrons. The van der Waals surface area contributed by atoms with Crippen LogP contribution in [0.1, 0.15) is 33.1 Å². The van der Waals surface area contributed by atoms with Gasteiger partial charge < -0.3 is 0 Å². The van der Waals surface area contributed by atoms with Crippen LogP contribution in [0.2, 0.25) is 0 Å². The van der Waals surface area contributed by atoms with Crippen molar-refractivity contribution in [3.05, 3.63) is 12.2 Å². The number of hydrogen-bond donors (Lipinski definition) is 0. The molecule has 0 radical (unpaired) electrons. The van der Waals surface area contributed by atoms with Crippen LogP contribution >= 0.6 is 0 Å². The standard InChI is InChI=1S/C9H16/c1-4-7(2)5-9-6-8(9)3/h7,9H,3-6H2,1-2H3. The lowest BCUT2D eigenvalue weighted by Gasteiger charge is -2.04. The van der Waals surface area contributed by atoms with Crippen molar-refractivity contribution in [1.82, 2.24) is 0 Å². The molecule has 0 amide bonds. The van der Waals surface area contributed by atoms with Crippen molar-refractivity contribution in [2.45, 2.75) is 33.1 Å². The van der Waals surface area contributed by atoms with Crippen LogP contribution in [0.15, 0.2) is 12.2 Å². The highest BCUT2D eigenvalue weighted by atomic mass is 14.3. The third-order valence-corrected chi connectivity index (χ3v) is 2.31. The molecule has 0 aliphatic heterocycles. The minimum Gasteiger partial charge on any atom is -0.0995 e. The third kappa shape index (κ3) is 1.85. The van der Waals surface area contributed by atoms with Crippen molar-refractivity contribution in [3.8, 4) is 0 Å². The molecule has 2 atom stereocenters. The van der Waals surface area contributed by atoms with Gasteiger partial charge in [-0.05, 0) is 24.7 Å². The molecular formula is C9H16. The maximum atomic E-state index is 3.94. The average Bonchev–Trinajstić information content (AvgIpc) is 2.47. The van der Waals surface area contributed by atoms with E-state index >= 15 is 0 Å². The fourth-order valence-electron chi connectivity index (χ4n) is 1.16. The fraction of sp³-hybridized carbons (Fsp3) is 0.778. The van der Waals surface area contributed by atoms with Crippen LogP contribution in [-0.4, -0.2) is 0 Å². The highest BCUT2D eigenvalue weighted by Crippen LogP contribution is 2.41. The SMILES string of the molecule is C=C1CC1CC(C)CC. The monoisotopic (exact) mass is 124 g/mol.